The minimum atomic E-state index is -6.68. The van der Waals surface area contributed by atoms with Crippen molar-refractivity contribution < 1.29 is 75.8 Å². The number of halogens is 15. The number of hydrogen-bond donors (Lipinski definition) is 0. The van der Waals surface area contributed by atoms with Crippen LogP contribution in [0.2, 0.25) is 5.02 Å². The lowest BCUT2D eigenvalue weighted by Gasteiger charge is -2.31. The first kappa shape index (κ1) is 37.4. The molecule has 47 heavy (non-hydrogen) atoms. The molecule has 0 spiro atoms. The molecule has 0 radical (unpaired) electrons. The van der Waals surface area contributed by atoms with Crippen LogP contribution in [0.15, 0.2) is 48.5 Å². The molecule has 0 aliphatic carbocycles. The first-order valence-corrected chi connectivity index (χ1v) is 12.9. The molecule has 0 N–H and O–H groups in total. The molecule has 0 aliphatic rings. The van der Waals surface area contributed by atoms with Crippen LogP contribution in [0.1, 0.15) is 44.3 Å². The fourth-order valence-electron chi connectivity index (χ4n) is 4.30. The average Bonchev–Trinajstić information content (AvgIpc) is 2.93. The van der Waals surface area contributed by atoms with Gasteiger partial charge in [-0.2, -0.15) is 48.3 Å². The van der Waals surface area contributed by atoms with Crippen molar-refractivity contribution in [1.82, 2.24) is 0 Å². The van der Waals surface area contributed by atoms with E-state index in [9.17, 15) is 66.7 Å². The third-order valence-electron chi connectivity index (χ3n) is 6.54. The molecular formula is C28H16ClF14NO3. The normalized spacial score (nSPS) is 12.8. The third kappa shape index (κ3) is 7.41. The number of rotatable bonds is 9. The van der Waals surface area contributed by atoms with Gasteiger partial charge in [-0.3, -0.25) is 9.59 Å². The SMILES string of the molecule is CCN(C(=O)c1cc(C(F)(F)F)ccc1F)c1cccc(C(=O)Cc2c(Cl)cc(C(F)(C(F)(F)F)C(F)(F)F)cc2OC(F)F)c1F. The lowest BCUT2D eigenvalue weighted by molar-refractivity contribution is -0.348. The van der Waals surface area contributed by atoms with Crippen molar-refractivity contribution in [3.8, 4) is 5.75 Å². The first-order valence-electron chi connectivity index (χ1n) is 12.6. The predicted octanol–water partition coefficient (Wildman–Crippen LogP) is 9.62. The second-order valence-corrected chi connectivity index (χ2v) is 9.85. The van der Waals surface area contributed by atoms with Crippen molar-refractivity contribution in [3.05, 3.63) is 93.0 Å². The molecular weight excluding hydrogens is 700 g/mol. The number of benzene rings is 3. The maximum atomic E-state index is 15.6. The smallest absolute Gasteiger partial charge is 0.434 e. The van der Waals surface area contributed by atoms with E-state index in [4.69, 9.17) is 11.6 Å². The fourth-order valence-corrected chi connectivity index (χ4v) is 4.58. The predicted molar refractivity (Wildman–Crippen MR) is 136 cm³/mol. The minimum Gasteiger partial charge on any atom is -0.434 e. The van der Waals surface area contributed by atoms with E-state index in [0.717, 1.165) is 18.2 Å². The van der Waals surface area contributed by atoms with Gasteiger partial charge < -0.3 is 9.64 Å². The molecule has 3 aromatic rings. The molecule has 4 nitrogen and oxygen atoms in total. The number of nitrogens with zero attached hydrogens (tertiary/aromatic N) is 1. The summed E-state index contributed by atoms with van der Waals surface area (Å²) in [5, 5.41) is -1.30. The summed E-state index contributed by atoms with van der Waals surface area (Å²) in [7, 11) is 0. The van der Waals surface area contributed by atoms with E-state index in [1.165, 1.54) is 6.92 Å². The molecule has 0 bridgehead atoms. The van der Waals surface area contributed by atoms with Crippen molar-refractivity contribution >= 4 is 29.0 Å². The van der Waals surface area contributed by atoms with Crippen molar-refractivity contribution in [1.29, 1.82) is 0 Å². The summed E-state index contributed by atoms with van der Waals surface area (Å²) in [6.45, 7) is -3.28. The number of amides is 1. The van der Waals surface area contributed by atoms with E-state index < -0.39 is 117 Å². The molecule has 0 heterocycles. The molecule has 0 aliphatic heterocycles. The molecule has 256 valence electrons. The first-order chi connectivity index (χ1) is 21.4. The minimum absolute atomic E-state index is 0.160. The molecule has 0 atom stereocenters. The van der Waals surface area contributed by atoms with E-state index in [0.29, 0.717) is 17.0 Å². The Hall–Kier alpha value is -4.09. The van der Waals surface area contributed by atoms with Crippen LogP contribution >= 0.6 is 11.6 Å². The van der Waals surface area contributed by atoms with Crippen LogP contribution < -0.4 is 9.64 Å². The Morgan fingerprint density at radius 3 is 1.94 bits per heavy atom. The zero-order chi connectivity index (χ0) is 35.9. The lowest BCUT2D eigenvalue weighted by atomic mass is 9.91. The summed E-state index contributed by atoms with van der Waals surface area (Å²) in [5.74, 6) is -7.55. The molecule has 0 aromatic heterocycles. The van der Waals surface area contributed by atoms with Crippen LogP contribution in [-0.2, 0) is 18.3 Å². The topological polar surface area (TPSA) is 46.6 Å². The van der Waals surface area contributed by atoms with Gasteiger partial charge >= 0.3 is 30.8 Å². The van der Waals surface area contributed by atoms with Gasteiger partial charge in [0.15, 0.2) is 11.6 Å². The average molecular weight is 716 g/mol. The maximum absolute atomic E-state index is 15.6. The summed E-state index contributed by atoms with van der Waals surface area (Å²) in [4.78, 5) is 26.5. The fraction of sp³-hybridized carbons (Fsp3) is 0.286. The van der Waals surface area contributed by atoms with Gasteiger partial charge in [-0.15, -0.1) is 0 Å². The number of carbonyl (C=O) groups is 2. The highest BCUT2D eigenvalue weighted by molar-refractivity contribution is 6.32. The highest BCUT2D eigenvalue weighted by Crippen LogP contribution is 2.54. The zero-order valence-electron chi connectivity index (χ0n) is 23.0. The summed E-state index contributed by atoms with van der Waals surface area (Å²) in [6, 6.07) is 2.70. The second-order valence-electron chi connectivity index (χ2n) is 9.45. The summed E-state index contributed by atoms with van der Waals surface area (Å²) in [5.41, 5.74) is -13.9. The van der Waals surface area contributed by atoms with Crippen LogP contribution in [0.4, 0.5) is 67.2 Å². The Bertz CT molecular complexity index is 1650. The van der Waals surface area contributed by atoms with Gasteiger partial charge in [0.05, 0.1) is 22.4 Å². The van der Waals surface area contributed by atoms with Gasteiger partial charge in [0.1, 0.15) is 11.6 Å². The lowest BCUT2D eigenvalue weighted by Crippen LogP contribution is -2.50. The van der Waals surface area contributed by atoms with Gasteiger partial charge in [0.2, 0.25) is 0 Å². The van der Waals surface area contributed by atoms with Crippen molar-refractivity contribution in [3.63, 3.8) is 0 Å². The van der Waals surface area contributed by atoms with Gasteiger partial charge in [-0.25, -0.2) is 13.2 Å². The van der Waals surface area contributed by atoms with Crippen molar-refractivity contribution in [2.45, 2.75) is 44.2 Å². The van der Waals surface area contributed by atoms with E-state index >= 15 is 4.39 Å². The Labute approximate surface area is 259 Å². The van der Waals surface area contributed by atoms with E-state index in [1.54, 1.807) is 0 Å². The van der Waals surface area contributed by atoms with Gasteiger partial charge in [-0.1, -0.05) is 17.7 Å². The van der Waals surface area contributed by atoms with Crippen LogP contribution in [0.5, 0.6) is 5.75 Å². The molecule has 0 unspecified atom stereocenters. The number of anilines is 1. The summed E-state index contributed by atoms with van der Waals surface area (Å²) < 4.78 is 194. The molecule has 1 amide bonds. The Kier molecular flexibility index (Phi) is 10.5. The van der Waals surface area contributed by atoms with E-state index in [2.05, 4.69) is 4.74 Å². The standard InChI is InChI=1S/C28H16ClF14NO3/c1-2-44(23(46)16-8-12(26(35,36)37)6-7-18(16)30)19-5-3-4-14(22(19)31)20(45)11-15-17(29)9-13(10-21(15)47-24(32)33)25(34,27(38,39)40)28(41,42)43/h3-10,24H,2,11H2,1H3. The molecule has 0 saturated heterocycles. The van der Waals surface area contributed by atoms with E-state index in [-0.39, 0.29) is 12.1 Å². The zero-order valence-corrected chi connectivity index (χ0v) is 23.7. The monoisotopic (exact) mass is 715 g/mol. The summed E-state index contributed by atoms with van der Waals surface area (Å²) in [6.07, 6.45) is -19.7. The summed E-state index contributed by atoms with van der Waals surface area (Å²) >= 11 is 5.73. The van der Waals surface area contributed by atoms with Crippen LogP contribution in [0.25, 0.3) is 0 Å². The maximum Gasteiger partial charge on any atom is 0.435 e. The van der Waals surface area contributed by atoms with E-state index in [1.807, 2.05) is 0 Å². The molecule has 3 aromatic carbocycles. The van der Waals surface area contributed by atoms with Gasteiger partial charge in [-0.05, 0) is 49.4 Å². The number of Topliss-reactive ketones (excluding diaryl/α,β-unsaturated/α-hetero) is 1. The Balaban J connectivity index is 2.09. The number of ether oxygens (including phenoxy) is 1. The molecule has 19 heteroatoms. The Morgan fingerprint density at radius 2 is 1.43 bits per heavy atom. The number of hydrogen-bond acceptors (Lipinski definition) is 3. The van der Waals surface area contributed by atoms with Crippen LogP contribution in [0.3, 0.4) is 0 Å². The number of carbonyl (C=O) groups excluding carboxylic acids is 2. The van der Waals surface area contributed by atoms with Crippen LogP contribution in [-0.4, -0.2) is 37.2 Å². The third-order valence-corrected chi connectivity index (χ3v) is 6.88. The quantitative estimate of drug-likeness (QED) is 0.164. The second kappa shape index (κ2) is 13.2. The number of alkyl halides is 12. The highest BCUT2D eigenvalue weighted by Gasteiger charge is 2.73. The van der Waals surface area contributed by atoms with Gasteiger partial charge in [0, 0.05) is 29.1 Å². The Morgan fingerprint density at radius 1 is 0.830 bits per heavy atom. The largest absolute Gasteiger partial charge is 0.435 e. The highest BCUT2D eigenvalue weighted by atomic mass is 35.5. The molecule has 3 rings (SSSR count). The van der Waals surface area contributed by atoms with Crippen LogP contribution in [0, 0.1) is 11.6 Å². The van der Waals surface area contributed by atoms with Gasteiger partial charge in [0.25, 0.3) is 5.91 Å². The number of ketones is 1. The molecule has 0 fully saturated rings. The molecule has 0 saturated carbocycles. The van der Waals surface area contributed by atoms with Crippen molar-refractivity contribution in [2.24, 2.45) is 0 Å². The van der Waals surface area contributed by atoms with Crippen molar-refractivity contribution in [2.75, 3.05) is 11.4 Å².